The van der Waals surface area contributed by atoms with Crippen molar-refractivity contribution in [2.75, 3.05) is 17.2 Å². The molecule has 0 aromatic heterocycles. The first-order chi connectivity index (χ1) is 15.9. The number of carbonyl (C=O) groups is 2. The molecule has 8 heteroatoms. The van der Waals surface area contributed by atoms with E-state index in [1.165, 1.54) is 23.1 Å². The predicted molar refractivity (Wildman–Crippen MR) is 130 cm³/mol. The number of hydrogen-bond donors (Lipinski definition) is 2. The topological polar surface area (TPSA) is 78.5 Å². The highest BCUT2D eigenvalue weighted by molar-refractivity contribution is 7.83. The number of anilines is 1. The van der Waals surface area contributed by atoms with Gasteiger partial charge in [-0.3, -0.25) is 14.5 Å². The molecule has 6 nitrogen and oxygen atoms in total. The Morgan fingerprint density at radius 3 is 2.52 bits per heavy atom. The van der Waals surface area contributed by atoms with Crippen LogP contribution in [0.15, 0.2) is 48.5 Å². The largest absolute Gasteiger partial charge is 0.351 e. The highest BCUT2D eigenvalue weighted by Gasteiger charge is 2.35. The summed E-state index contributed by atoms with van der Waals surface area (Å²) in [6, 6.07) is 12.1. The fourth-order valence-electron chi connectivity index (χ4n) is 4.21. The summed E-state index contributed by atoms with van der Waals surface area (Å²) in [5.74, 6) is -0.928. The standard InChI is InChI=1S/C25H32FN3O3S/c1-3-33(32)27-17-23(30)29(21-14-9-11-19(26)16-21)24(22-15-8-7-10-18(22)2)25(31)28-20-12-5-4-6-13-20/h7-11,14-16,20,24,27H,3-6,12-13,17H2,1-2H3,(H,28,31). The van der Waals surface area contributed by atoms with Gasteiger partial charge in [0.05, 0.1) is 17.5 Å². The molecule has 0 spiro atoms. The molecule has 2 aromatic rings. The molecule has 0 heterocycles. The third-order valence-corrected chi connectivity index (χ3v) is 6.93. The number of halogens is 1. The normalized spacial score (nSPS) is 16.1. The maximum atomic E-state index is 14.2. The Bertz CT molecular complexity index is 994. The Morgan fingerprint density at radius 1 is 1.12 bits per heavy atom. The van der Waals surface area contributed by atoms with Crippen LogP contribution in [-0.2, 0) is 20.6 Å². The van der Waals surface area contributed by atoms with Crippen molar-refractivity contribution in [1.29, 1.82) is 0 Å². The Hall–Kier alpha value is -2.58. The van der Waals surface area contributed by atoms with Crippen molar-refractivity contribution in [3.05, 3.63) is 65.5 Å². The number of nitrogens with one attached hydrogen (secondary N) is 2. The van der Waals surface area contributed by atoms with E-state index in [9.17, 15) is 18.2 Å². The van der Waals surface area contributed by atoms with Gasteiger partial charge in [-0.05, 0) is 49.1 Å². The van der Waals surface area contributed by atoms with Crippen LogP contribution in [0.1, 0.15) is 56.2 Å². The molecule has 1 aliphatic rings. The monoisotopic (exact) mass is 473 g/mol. The first-order valence-corrected chi connectivity index (χ1v) is 12.8. The van der Waals surface area contributed by atoms with Gasteiger partial charge in [0.25, 0.3) is 0 Å². The maximum Gasteiger partial charge on any atom is 0.248 e. The van der Waals surface area contributed by atoms with Crippen LogP contribution >= 0.6 is 0 Å². The summed E-state index contributed by atoms with van der Waals surface area (Å²) in [5.41, 5.74) is 1.79. The number of benzene rings is 2. The first-order valence-electron chi connectivity index (χ1n) is 11.5. The molecular formula is C25H32FN3O3S. The SMILES string of the molecule is CCS(=O)NCC(=O)N(c1cccc(F)c1)C(C(=O)NC1CCCCC1)c1ccccc1C. The summed E-state index contributed by atoms with van der Waals surface area (Å²) in [7, 11) is -1.38. The number of nitrogens with zero attached hydrogens (tertiary/aromatic N) is 1. The average Bonchev–Trinajstić information content (AvgIpc) is 2.82. The molecule has 33 heavy (non-hydrogen) atoms. The maximum absolute atomic E-state index is 14.2. The van der Waals surface area contributed by atoms with E-state index in [4.69, 9.17) is 0 Å². The zero-order chi connectivity index (χ0) is 23.8. The Morgan fingerprint density at radius 2 is 1.85 bits per heavy atom. The lowest BCUT2D eigenvalue weighted by atomic mass is 9.93. The molecule has 2 N–H and O–H groups in total. The highest BCUT2D eigenvalue weighted by Crippen LogP contribution is 2.31. The van der Waals surface area contributed by atoms with E-state index in [0.717, 1.165) is 37.7 Å². The molecule has 1 aliphatic carbocycles. The van der Waals surface area contributed by atoms with Crippen LogP contribution in [0.25, 0.3) is 0 Å². The zero-order valence-corrected chi connectivity index (χ0v) is 20.0. The molecule has 2 unspecified atom stereocenters. The van der Waals surface area contributed by atoms with Gasteiger partial charge in [-0.2, -0.15) is 0 Å². The highest BCUT2D eigenvalue weighted by atomic mass is 32.2. The van der Waals surface area contributed by atoms with Crippen LogP contribution < -0.4 is 14.9 Å². The van der Waals surface area contributed by atoms with E-state index >= 15 is 0 Å². The lowest BCUT2D eigenvalue weighted by Crippen LogP contribution is -2.49. The molecule has 0 radical (unpaired) electrons. The van der Waals surface area contributed by atoms with E-state index in [2.05, 4.69) is 10.0 Å². The van der Waals surface area contributed by atoms with Gasteiger partial charge < -0.3 is 5.32 Å². The minimum Gasteiger partial charge on any atom is -0.351 e. The molecule has 3 rings (SSSR count). The van der Waals surface area contributed by atoms with Crippen LogP contribution in [-0.4, -0.2) is 34.4 Å². The molecule has 2 atom stereocenters. The van der Waals surface area contributed by atoms with Crippen molar-refractivity contribution < 1.29 is 18.2 Å². The van der Waals surface area contributed by atoms with E-state index in [1.54, 1.807) is 13.0 Å². The van der Waals surface area contributed by atoms with Gasteiger partial charge in [0.2, 0.25) is 11.8 Å². The molecule has 2 aromatic carbocycles. The predicted octanol–water partition coefficient (Wildman–Crippen LogP) is 3.93. The lowest BCUT2D eigenvalue weighted by molar-refractivity contribution is -0.127. The Balaban J connectivity index is 2.03. The Kier molecular flexibility index (Phi) is 9.14. The van der Waals surface area contributed by atoms with Crippen LogP contribution in [0.4, 0.5) is 10.1 Å². The van der Waals surface area contributed by atoms with E-state index in [-0.39, 0.29) is 24.2 Å². The van der Waals surface area contributed by atoms with Crippen molar-refractivity contribution in [1.82, 2.24) is 10.0 Å². The summed E-state index contributed by atoms with van der Waals surface area (Å²) >= 11 is 0. The number of carbonyl (C=O) groups excluding carboxylic acids is 2. The summed E-state index contributed by atoms with van der Waals surface area (Å²) in [6.45, 7) is 3.39. The van der Waals surface area contributed by atoms with Crippen LogP contribution in [0, 0.1) is 12.7 Å². The van der Waals surface area contributed by atoms with Crippen molar-refractivity contribution in [2.24, 2.45) is 0 Å². The smallest absolute Gasteiger partial charge is 0.248 e. The number of aryl methyl sites for hydroxylation is 1. The van der Waals surface area contributed by atoms with E-state index in [1.807, 2.05) is 31.2 Å². The van der Waals surface area contributed by atoms with E-state index < -0.39 is 28.8 Å². The number of hydrogen-bond acceptors (Lipinski definition) is 3. The van der Waals surface area contributed by atoms with Crippen LogP contribution in [0.3, 0.4) is 0 Å². The molecule has 0 saturated heterocycles. The molecule has 178 valence electrons. The average molecular weight is 474 g/mol. The van der Waals surface area contributed by atoms with Gasteiger partial charge in [0, 0.05) is 17.5 Å². The quantitative estimate of drug-likeness (QED) is 0.579. The van der Waals surface area contributed by atoms with Crippen molar-refractivity contribution in [3.63, 3.8) is 0 Å². The van der Waals surface area contributed by atoms with Crippen LogP contribution in [0.5, 0.6) is 0 Å². The van der Waals surface area contributed by atoms with Gasteiger partial charge >= 0.3 is 0 Å². The van der Waals surface area contributed by atoms with Gasteiger partial charge in [-0.1, -0.05) is 56.5 Å². The lowest BCUT2D eigenvalue weighted by Gasteiger charge is -2.34. The van der Waals surface area contributed by atoms with Gasteiger partial charge in [0.1, 0.15) is 11.9 Å². The van der Waals surface area contributed by atoms with Crippen molar-refractivity contribution in [3.8, 4) is 0 Å². The second-order valence-corrected chi connectivity index (χ2v) is 9.86. The second-order valence-electron chi connectivity index (χ2n) is 8.30. The van der Waals surface area contributed by atoms with Gasteiger partial charge in [-0.25, -0.2) is 13.3 Å². The third kappa shape index (κ3) is 6.71. The summed E-state index contributed by atoms with van der Waals surface area (Å²) in [6.07, 6.45) is 5.06. The van der Waals surface area contributed by atoms with Gasteiger partial charge in [-0.15, -0.1) is 0 Å². The van der Waals surface area contributed by atoms with Gasteiger partial charge in [0.15, 0.2) is 0 Å². The number of amides is 2. The first kappa shape index (κ1) is 25.1. The summed E-state index contributed by atoms with van der Waals surface area (Å²) in [5, 5.41) is 3.13. The fourth-order valence-corrected chi connectivity index (χ4v) is 4.70. The fraction of sp³-hybridized carbons (Fsp3) is 0.440. The Labute approximate surface area is 197 Å². The van der Waals surface area contributed by atoms with Crippen LogP contribution in [0.2, 0.25) is 0 Å². The molecule has 0 bridgehead atoms. The minimum absolute atomic E-state index is 0.0490. The second kappa shape index (κ2) is 12.0. The minimum atomic E-state index is -1.38. The zero-order valence-electron chi connectivity index (χ0n) is 19.2. The molecular weight excluding hydrogens is 441 g/mol. The van der Waals surface area contributed by atoms with Crippen molar-refractivity contribution >= 4 is 28.5 Å². The summed E-state index contributed by atoms with van der Waals surface area (Å²) < 4.78 is 28.8. The molecule has 2 amide bonds. The van der Waals surface area contributed by atoms with Crippen molar-refractivity contribution in [2.45, 2.75) is 58.0 Å². The molecule has 1 fully saturated rings. The number of rotatable bonds is 9. The molecule has 0 aliphatic heterocycles. The van der Waals surface area contributed by atoms with E-state index in [0.29, 0.717) is 11.3 Å². The third-order valence-electron chi connectivity index (χ3n) is 5.94. The summed E-state index contributed by atoms with van der Waals surface area (Å²) in [4.78, 5) is 28.4. The molecule has 1 saturated carbocycles.